The van der Waals surface area contributed by atoms with Gasteiger partial charge in [-0.25, -0.2) is 13.2 Å². The summed E-state index contributed by atoms with van der Waals surface area (Å²) in [6, 6.07) is 5.61. The minimum absolute atomic E-state index is 0.0181. The SMILES string of the molecule is CC(C)[C@@H](C)NC(=O)COC(=O)c1ccc(S(=O)(=O)N2CCCCC2)cc1. The van der Waals surface area contributed by atoms with E-state index in [1.54, 1.807) is 0 Å². The largest absolute Gasteiger partial charge is 0.452 e. The zero-order valence-electron chi connectivity index (χ0n) is 16.1. The molecule has 1 amide bonds. The number of carbonyl (C=O) groups excluding carboxylic acids is 2. The molecule has 0 spiro atoms. The number of amides is 1. The first-order valence-electron chi connectivity index (χ1n) is 9.28. The van der Waals surface area contributed by atoms with Crippen LogP contribution in [-0.4, -0.2) is 50.3 Å². The number of esters is 1. The van der Waals surface area contributed by atoms with Crippen LogP contribution in [0.25, 0.3) is 0 Å². The normalized spacial score (nSPS) is 16.7. The molecule has 0 unspecified atom stereocenters. The number of piperidine rings is 1. The standard InChI is InChI=1S/C19H28N2O5S/c1-14(2)15(3)20-18(22)13-26-19(23)16-7-9-17(10-8-16)27(24,25)21-11-5-4-6-12-21/h7-10,14-15H,4-6,11-13H2,1-3H3,(H,20,22)/t15-/m1/s1. The van der Waals surface area contributed by atoms with Gasteiger partial charge in [0.25, 0.3) is 5.91 Å². The number of rotatable bonds is 7. The average molecular weight is 397 g/mol. The Morgan fingerprint density at radius 3 is 2.22 bits per heavy atom. The Morgan fingerprint density at radius 2 is 1.67 bits per heavy atom. The van der Waals surface area contributed by atoms with Crippen molar-refractivity contribution >= 4 is 21.9 Å². The van der Waals surface area contributed by atoms with Crippen molar-refractivity contribution < 1.29 is 22.7 Å². The molecule has 0 aliphatic carbocycles. The van der Waals surface area contributed by atoms with Gasteiger partial charge in [0, 0.05) is 19.1 Å². The van der Waals surface area contributed by atoms with E-state index in [9.17, 15) is 18.0 Å². The van der Waals surface area contributed by atoms with Crippen molar-refractivity contribution in [3.8, 4) is 0 Å². The molecule has 1 aromatic rings. The van der Waals surface area contributed by atoms with Crippen molar-refractivity contribution in [2.45, 2.75) is 51.0 Å². The van der Waals surface area contributed by atoms with Crippen molar-refractivity contribution in [1.29, 1.82) is 0 Å². The number of ether oxygens (including phenoxy) is 1. The van der Waals surface area contributed by atoms with Crippen molar-refractivity contribution in [1.82, 2.24) is 9.62 Å². The van der Waals surface area contributed by atoms with Gasteiger partial charge in [-0.05, 0) is 49.9 Å². The molecular weight excluding hydrogens is 368 g/mol. The molecule has 0 bridgehead atoms. The first kappa shape index (κ1) is 21.4. The Kier molecular flexibility index (Phi) is 7.38. The zero-order chi connectivity index (χ0) is 20.0. The van der Waals surface area contributed by atoms with Crippen molar-refractivity contribution in [2.75, 3.05) is 19.7 Å². The Labute approximate surface area is 161 Å². The molecule has 0 radical (unpaired) electrons. The molecular formula is C19H28N2O5S. The number of carbonyl (C=O) groups is 2. The van der Waals surface area contributed by atoms with Crippen LogP contribution in [-0.2, 0) is 19.6 Å². The Morgan fingerprint density at radius 1 is 1.07 bits per heavy atom. The van der Waals surface area contributed by atoms with Crippen LogP contribution in [0, 0.1) is 5.92 Å². The molecule has 1 aliphatic rings. The van der Waals surface area contributed by atoms with E-state index in [1.165, 1.54) is 28.6 Å². The highest BCUT2D eigenvalue weighted by molar-refractivity contribution is 7.89. The van der Waals surface area contributed by atoms with Crippen LogP contribution in [0.15, 0.2) is 29.2 Å². The average Bonchev–Trinajstić information content (AvgIpc) is 2.66. The van der Waals surface area contributed by atoms with Gasteiger partial charge in [0.1, 0.15) is 0 Å². The summed E-state index contributed by atoms with van der Waals surface area (Å²) in [4.78, 5) is 24.0. The molecule has 1 fully saturated rings. The fourth-order valence-corrected chi connectivity index (χ4v) is 4.21. The first-order chi connectivity index (χ1) is 12.7. The van der Waals surface area contributed by atoms with E-state index in [1.807, 2.05) is 20.8 Å². The van der Waals surface area contributed by atoms with E-state index in [4.69, 9.17) is 4.74 Å². The number of hydrogen-bond acceptors (Lipinski definition) is 5. The highest BCUT2D eigenvalue weighted by Gasteiger charge is 2.26. The van der Waals surface area contributed by atoms with Crippen molar-refractivity contribution in [2.24, 2.45) is 5.92 Å². The smallest absolute Gasteiger partial charge is 0.338 e. The lowest BCUT2D eigenvalue weighted by atomic mass is 10.1. The third-order valence-electron chi connectivity index (χ3n) is 4.77. The molecule has 27 heavy (non-hydrogen) atoms. The molecule has 0 aromatic heterocycles. The third kappa shape index (κ3) is 5.77. The minimum Gasteiger partial charge on any atom is -0.452 e. The molecule has 1 aliphatic heterocycles. The Balaban J connectivity index is 1.94. The lowest BCUT2D eigenvalue weighted by molar-refractivity contribution is -0.125. The van der Waals surface area contributed by atoms with Gasteiger partial charge in [-0.1, -0.05) is 20.3 Å². The quantitative estimate of drug-likeness (QED) is 0.713. The Bertz CT molecular complexity index is 753. The fourth-order valence-electron chi connectivity index (χ4n) is 2.69. The van der Waals surface area contributed by atoms with Gasteiger partial charge < -0.3 is 10.1 Å². The second kappa shape index (κ2) is 9.32. The predicted octanol–water partition coefficient (Wildman–Crippen LogP) is 2.18. The fraction of sp³-hybridized carbons (Fsp3) is 0.579. The van der Waals surface area contributed by atoms with E-state index >= 15 is 0 Å². The summed E-state index contributed by atoms with van der Waals surface area (Å²) in [6.45, 7) is 6.52. The van der Waals surface area contributed by atoms with Crippen LogP contribution in [0.1, 0.15) is 50.4 Å². The van der Waals surface area contributed by atoms with Crippen LogP contribution in [0.5, 0.6) is 0 Å². The van der Waals surface area contributed by atoms with Gasteiger partial charge in [0.2, 0.25) is 10.0 Å². The maximum absolute atomic E-state index is 12.6. The minimum atomic E-state index is -3.53. The van der Waals surface area contributed by atoms with Crippen LogP contribution < -0.4 is 5.32 Å². The molecule has 8 heteroatoms. The van der Waals surface area contributed by atoms with Crippen LogP contribution >= 0.6 is 0 Å². The number of nitrogens with one attached hydrogen (secondary N) is 1. The molecule has 1 heterocycles. The first-order valence-corrected chi connectivity index (χ1v) is 10.7. The monoisotopic (exact) mass is 396 g/mol. The molecule has 1 saturated heterocycles. The number of benzene rings is 1. The molecule has 0 saturated carbocycles. The van der Waals surface area contributed by atoms with Gasteiger partial charge in [-0.3, -0.25) is 4.79 Å². The van der Waals surface area contributed by atoms with E-state index in [2.05, 4.69) is 5.32 Å². The summed E-state index contributed by atoms with van der Waals surface area (Å²) in [5.74, 6) is -0.753. The number of hydrogen-bond donors (Lipinski definition) is 1. The van der Waals surface area contributed by atoms with E-state index < -0.39 is 16.0 Å². The lowest BCUT2D eigenvalue weighted by Gasteiger charge is -2.25. The van der Waals surface area contributed by atoms with Crippen molar-refractivity contribution in [3.05, 3.63) is 29.8 Å². The highest BCUT2D eigenvalue weighted by atomic mass is 32.2. The van der Waals surface area contributed by atoms with Crippen LogP contribution in [0.3, 0.4) is 0 Å². The summed E-state index contributed by atoms with van der Waals surface area (Å²) >= 11 is 0. The third-order valence-corrected chi connectivity index (χ3v) is 6.68. The molecule has 1 atom stereocenters. The molecule has 1 N–H and O–H groups in total. The number of nitrogens with zero attached hydrogens (tertiary/aromatic N) is 1. The summed E-state index contributed by atoms with van der Waals surface area (Å²) in [5.41, 5.74) is 0.206. The summed E-state index contributed by atoms with van der Waals surface area (Å²) < 4.78 is 31.7. The topological polar surface area (TPSA) is 92.8 Å². The van der Waals surface area contributed by atoms with E-state index in [0.717, 1.165) is 19.3 Å². The van der Waals surface area contributed by atoms with Gasteiger partial charge in [0.05, 0.1) is 10.5 Å². The maximum atomic E-state index is 12.6. The summed E-state index contributed by atoms with van der Waals surface area (Å²) in [7, 11) is -3.53. The van der Waals surface area contributed by atoms with Gasteiger partial charge >= 0.3 is 5.97 Å². The molecule has 7 nitrogen and oxygen atoms in total. The van der Waals surface area contributed by atoms with Crippen molar-refractivity contribution in [3.63, 3.8) is 0 Å². The highest BCUT2D eigenvalue weighted by Crippen LogP contribution is 2.21. The lowest BCUT2D eigenvalue weighted by Crippen LogP contribution is -2.38. The molecule has 2 rings (SSSR count). The van der Waals surface area contributed by atoms with Gasteiger partial charge in [-0.2, -0.15) is 4.31 Å². The summed E-state index contributed by atoms with van der Waals surface area (Å²) in [6.07, 6.45) is 2.77. The molecule has 1 aromatic carbocycles. The maximum Gasteiger partial charge on any atom is 0.338 e. The van der Waals surface area contributed by atoms with E-state index in [0.29, 0.717) is 13.1 Å². The zero-order valence-corrected chi connectivity index (χ0v) is 16.9. The van der Waals surface area contributed by atoms with Crippen LogP contribution in [0.2, 0.25) is 0 Å². The van der Waals surface area contributed by atoms with Gasteiger partial charge in [0.15, 0.2) is 6.61 Å². The van der Waals surface area contributed by atoms with Crippen LogP contribution in [0.4, 0.5) is 0 Å². The second-order valence-corrected chi connectivity index (χ2v) is 9.10. The van der Waals surface area contributed by atoms with E-state index in [-0.39, 0.29) is 34.9 Å². The summed E-state index contributed by atoms with van der Waals surface area (Å²) in [5, 5.41) is 2.75. The Hall–Kier alpha value is -1.93. The molecule has 150 valence electrons. The number of sulfonamides is 1. The second-order valence-electron chi connectivity index (χ2n) is 7.17. The van der Waals surface area contributed by atoms with Gasteiger partial charge in [-0.15, -0.1) is 0 Å². The predicted molar refractivity (Wildman–Crippen MR) is 102 cm³/mol.